The lowest BCUT2D eigenvalue weighted by atomic mass is 9.86. The van der Waals surface area contributed by atoms with Gasteiger partial charge in [-0.2, -0.15) is 0 Å². The van der Waals surface area contributed by atoms with Gasteiger partial charge in [-0.1, -0.05) is 19.1 Å². The van der Waals surface area contributed by atoms with E-state index in [-0.39, 0.29) is 5.91 Å². The molecule has 0 aromatic heterocycles. The molecule has 1 atom stereocenters. The number of carbonyl (C=O) groups is 1. The van der Waals surface area contributed by atoms with Gasteiger partial charge in [0.25, 0.3) is 0 Å². The predicted molar refractivity (Wildman–Crippen MR) is 79.9 cm³/mol. The van der Waals surface area contributed by atoms with E-state index in [0.717, 1.165) is 18.7 Å². The zero-order valence-corrected chi connectivity index (χ0v) is 12.4. The van der Waals surface area contributed by atoms with Crippen LogP contribution < -0.4 is 11.1 Å². The first-order valence-electron chi connectivity index (χ1n) is 6.66. The molecule has 0 fully saturated rings. The van der Waals surface area contributed by atoms with Crippen molar-refractivity contribution in [3.05, 3.63) is 29.8 Å². The molecule has 1 amide bonds. The topological polar surface area (TPSA) is 58.4 Å². The van der Waals surface area contributed by atoms with Gasteiger partial charge in [0, 0.05) is 18.8 Å². The summed E-state index contributed by atoms with van der Waals surface area (Å²) in [5, 5.41) is 2.93. The van der Waals surface area contributed by atoms with Crippen molar-refractivity contribution in [1.82, 2.24) is 4.90 Å². The highest BCUT2D eigenvalue weighted by Crippen LogP contribution is 2.22. The Bertz CT molecular complexity index is 408. The van der Waals surface area contributed by atoms with Gasteiger partial charge in [0.1, 0.15) is 0 Å². The number of anilines is 1. The van der Waals surface area contributed by atoms with E-state index >= 15 is 0 Å². The lowest BCUT2D eigenvalue weighted by molar-refractivity contribution is -0.124. The van der Waals surface area contributed by atoms with Crippen LogP contribution in [0.3, 0.4) is 0 Å². The zero-order valence-electron chi connectivity index (χ0n) is 12.4. The van der Waals surface area contributed by atoms with Gasteiger partial charge in [-0.05, 0) is 45.1 Å². The van der Waals surface area contributed by atoms with Crippen LogP contribution in [-0.2, 0) is 11.3 Å². The molecule has 3 N–H and O–H groups in total. The maximum absolute atomic E-state index is 12.2. The average molecular weight is 263 g/mol. The molecule has 106 valence electrons. The molecule has 0 heterocycles. The Labute approximate surface area is 116 Å². The van der Waals surface area contributed by atoms with Crippen molar-refractivity contribution in [2.75, 3.05) is 26.0 Å². The number of hydrogen-bond acceptors (Lipinski definition) is 3. The Morgan fingerprint density at radius 2 is 1.89 bits per heavy atom. The Kier molecular flexibility index (Phi) is 5.51. The summed E-state index contributed by atoms with van der Waals surface area (Å²) in [7, 11) is 4.06. The summed E-state index contributed by atoms with van der Waals surface area (Å²) in [5.74, 6) is -0.0159. The van der Waals surface area contributed by atoms with Crippen LogP contribution in [0.4, 0.5) is 5.69 Å². The number of nitrogens with one attached hydrogen (secondary N) is 1. The number of nitrogens with zero attached hydrogens (tertiary/aromatic N) is 1. The van der Waals surface area contributed by atoms with Crippen LogP contribution in [0.1, 0.15) is 25.8 Å². The van der Waals surface area contributed by atoms with E-state index in [0.29, 0.717) is 6.54 Å². The average Bonchev–Trinajstić information content (AvgIpc) is 2.39. The van der Waals surface area contributed by atoms with E-state index in [2.05, 4.69) is 10.2 Å². The van der Waals surface area contributed by atoms with Crippen LogP contribution in [0.2, 0.25) is 0 Å². The third-order valence-electron chi connectivity index (χ3n) is 3.49. The van der Waals surface area contributed by atoms with E-state index in [1.807, 2.05) is 52.2 Å². The van der Waals surface area contributed by atoms with E-state index < -0.39 is 5.41 Å². The summed E-state index contributed by atoms with van der Waals surface area (Å²) in [6, 6.07) is 7.93. The van der Waals surface area contributed by atoms with Gasteiger partial charge >= 0.3 is 0 Å². The van der Waals surface area contributed by atoms with Crippen molar-refractivity contribution < 1.29 is 4.79 Å². The molecule has 0 saturated heterocycles. The van der Waals surface area contributed by atoms with Gasteiger partial charge in [-0.15, -0.1) is 0 Å². The summed E-state index contributed by atoms with van der Waals surface area (Å²) in [4.78, 5) is 14.3. The highest BCUT2D eigenvalue weighted by atomic mass is 16.2. The quantitative estimate of drug-likeness (QED) is 0.826. The smallest absolute Gasteiger partial charge is 0.231 e. The number of benzene rings is 1. The van der Waals surface area contributed by atoms with Crippen LogP contribution in [0, 0.1) is 5.41 Å². The summed E-state index contributed by atoms with van der Waals surface area (Å²) in [6.45, 7) is 5.12. The highest BCUT2D eigenvalue weighted by Gasteiger charge is 2.29. The zero-order chi connectivity index (χ0) is 14.5. The number of amides is 1. The number of carbonyl (C=O) groups excluding carboxylic acids is 1. The molecular formula is C15H25N3O. The van der Waals surface area contributed by atoms with Gasteiger partial charge in [0.2, 0.25) is 5.91 Å². The maximum atomic E-state index is 12.2. The van der Waals surface area contributed by atoms with E-state index in [1.165, 1.54) is 5.56 Å². The summed E-state index contributed by atoms with van der Waals surface area (Å²) >= 11 is 0. The Hall–Kier alpha value is -1.39. The second-order valence-electron chi connectivity index (χ2n) is 5.51. The van der Waals surface area contributed by atoms with Crippen molar-refractivity contribution in [2.45, 2.75) is 26.8 Å². The van der Waals surface area contributed by atoms with Crippen molar-refractivity contribution in [1.29, 1.82) is 0 Å². The van der Waals surface area contributed by atoms with Crippen LogP contribution in [0.25, 0.3) is 0 Å². The van der Waals surface area contributed by atoms with Crippen molar-refractivity contribution >= 4 is 11.6 Å². The van der Waals surface area contributed by atoms with Gasteiger partial charge < -0.3 is 16.0 Å². The molecule has 0 bridgehead atoms. The Balaban J connectivity index is 2.70. The lowest BCUT2D eigenvalue weighted by Gasteiger charge is -2.25. The minimum absolute atomic E-state index is 0.0159. The summed E-state index contributed by atoms with van der Waals surface area (Å²) in [5.41, 5.74) is 7.23. The molecule has 1 unspecified atom stereocenters. The molecule has 19 heavy (non-hydrogen) atoms. The molecule has 0 saturated carbocycles. The third-order valence-corrected chi connectivity index (χ3v) is 3.49. The fourth-order valence-electron chi connectivity index (χ4n) is 1.74. The second-order valence-corrected chi connectivity index (χ2v) is 5.51. The number of hydrogen-bond donors (Lipinski definition) is 2. The summed E-state index contributed by atoms with van der Waals surface area (Å²) < 4.78 is 0. The molecule has 1 rings (SSSR count). The normalized spacial score (nSPS) is 14.2. The minimum Gasteiger partial charge on any atom is -0.329 e. The number of nitrogens with two attached hydrogens (primary N) is 1. The van der Waals surface area contributed by atoms with E-state index in [9.17, 15) is 4.79 Å². The lowest BCUT2D eigenvalue weighted by Crippen LogP contribution is -2.39. The molecule has 4 nitrogen and oxygen atoms in total. The Morgan fingerprint density at radius 3 is 2.32 bits per heavy atom. The van der Waals surface area contributed by atoms with Crippen molar-refractivity contribution in [3.8, 4) is 0 Å². The fourth-order valence-corrected chi connectivity index (χ4v) is 1.74. The Morgan fingerprint density at radius 1 is 1.32 bits per heavy atom. The van der Waals surface area contributed by atoms with Gasteiger partial charge in [-0.25, -0.2) is 0 Å². The molecule has 0 aliphatic rings. The standard InChI is InChI=1S/C15H25N3O/c1-5-15(2,11-16)14(19)17-13-8-6-12(7-9-13)10-18(3)4/h6-9H,5,10-11,16H2,1-4H3,(H,17,19). The SMILES string of the molecule is CCC(C)(CN)C(=O)Nc1ccc(CN(C)C)cc1. The van der Waals surface area contributed by atoms with Gasteiger partial charge in [0.05, 0.1) is 5.41 Å². The maximum Gasteiger partial charge on any atom is 0.231 e. The summed E-state index contributed by atoms with van der Waals surface area (Å²) in [6.07, 6.45) is 0.730. The van der Waals surface area contributed by atoms with Crippen LogP contribution in [0.15, 0.2) is 24.3 Å². The molecule has 0 radical (unpaired) electrons. The van der Waals surface area contributed by atoms with Gasteiger partial charge in [0.15, 0.2) is 0 Å². The minimum atomic E-state index is -0.498. The largest absolute Gasteiger partial charge is 0.329 e. The van der Waals surface area contributed by atoms with E-state index in [4.69, 9.17) is 5.73 Å². The first-order valence-corrected chi connectivity index (χ1v) is 6.66. The van der Waals surface area contributed by atoms with Crippen LogP contribution in [-0.4, -0.2) is 31.4 Å². The highest BCUT2D eigenvalue weighted by molar-refractivity contribution is 5.95. The number of rotatable bonds is 6. The van der Waals surface area contributed by atoms with Crippen LogP contribution >= 0.6 is 0 Å². The van der Waals surface area contributed by atoms with Crippen molar-refractivity contribution in [3.63, 3.8) is 0 Å². The molecule has 1 aromatic carbocycles. The monoisotopic (exact) mass is 263 g/mol. The first kappa shape index (κ1) is 15.7. The molecule has 4 heteroatoms. The molecule has 1 aromatic rings. The molecule has 0 aliphatic carbocycles. The van der Waals surface area contributed by atoms with Crippen LogP contribution in [0.5, 0.6) is 0 Å². The van der Waals surface area contributed by atoms with Gasteiger partial charge in [-0.3, -0.25) is 4.79 Å². The van der Waals surface area contributed by atoms with Crippen molar-refractivity contribution in [2.24, 2.45) is 11.1 Å². The molecular weight excluding hydrogens is 238 g/mol. The van der Waals surface area contributed by atoms with E-state index in [1.54, 1.807) is 0 Å². The molecule has 0 spiro atoms. The predicted octanol–water partition coefficient (Wildman–Crippen LogP) is 2.06. The molecule has 0 aliphatic heterocycles. The third kappa shape index (κ3) is 4.33. The second kappa shape index (κ2) is 6.68. The fraction of sp³-hybridized carbons (Fsp3) is 0.533. The first-order chi connectivity index (χ1) is 8.91.